The zero-order chi connectivity index (χ0) is 18.9. The van der Waals surface area contributed by atoms with Crippen molar-refractivity contribution >= 4 is 35.1 Å². The number of urea groups is 1. The van der Waals surface area contributed by atoms with E-state index < -0.39 is 0 Å². The van der Waals surface area contributed by atoms with Gasteiger partial charge in [0.25, 0.3) is 0 Å². The van der Waals surface area contributed by atoms with Crippen LogP contribution in [0.1, 0.15) is 42.8 Å². The average Bonchev–Trinajstić information content (AvgIpc) is 3.07. The molecular weight excluding hydrogens is 364 g/mol. The first kappa shape index (κ1) is 19.1. The van der Waals surface area contributed by atoms with Gasteiger partial charge in [-0.05, 0) is 41.2 Å². The molecule has 0 unspecified atom stereocenters. The molecule has 0 spiro atoms. The van der Waals surface area contributed by atoms with Gasteiger partial charge in [0.15, 0.2) is 0 Å². The van der Waals surface area contributed by atoms with E-state index >= 15 is 0 Å². The van der Waals surface area contributed by atoms with Gasteiger partial charge >= 0.3 is 6.03 Å². The first-order chi connectivity index (χ1) is 12.3. The number of benzene rings is 2. The summed E-state index contributed by atoms with van der Waals surface area (Å²) in [5.41, 5.74) is 4.32. The van der Waals surface area contributed by atoms with Crippen LogP contribution in [0.2, 0.25) is 5.02 Å². The zero-order valence-corrected chi connectivity index (χ0v) is 17.2. The number of halogens is 1. The van der Waals surface area contributed by atoms with Gasteiger partial charge in [0.05, 0.1) is 0 Å². The molecule has 138 valence electrons. The maximum atomic E-state index is 12.8. The van der Waals surface area contributed by atoms with Crippen LogP contribution in [0.25, 0.3) is 0 Å². The molecule has 3 rings (SSSR count). The number of thioether (sulfide) groups is 1. The Balaban J connectivity index is 1.75. The molecule has 1 aliphatic rings. The number of anilines is 1. The smallest absolute Gasteiger partial charge is 0.308 e. The molecule has 1 fully saturated rings. The molecule has 26 heavy (non-hydrogen) atoms. The van der Waals surface area contributed by atoms with Gasteiger partial charge in [0.2, 0.25) is 0 Å². The molecule has 5 heteroatoms. The zero-order valence-electron chi connectivity index (χ0n) is 15.7. The molecule has 0 radical (unpaired) electrons. The van der Waals surface area contributed by atoms with Crippen molar-refractivity contribution in [1.29, 1.82) is 0 Å². The lowest BCUT2D eigenvalue weighted by Gasteiger charge is -2.25. The fraction of sp³-hybridized carbons (Fsp3) is 0.381. The standard InChI is InChI=1S/C21H25ClN2OS/c1-14-5-10-17(13-18(14)22)23-20(25)24-11-12-26-19(24)15-6-8-16(9-7-15)21(2,3)4/h5-10,13,19H,11-12H2,1-4H3,(H,23,25)/t19-/m0/s1. The molecule has 0 saturated carbocycles. The quantitative estimate of drug-likeness (QED) is 0.661. The van der Waals surface area contributed by atoms with Crippen molar-refractivity contribution in [2.45, 2.75) is 38.5 Å². The van der Waals surface area contributed by atoms with E-state index in [9.17, 15) is 4.79 Å². The maximum absolute atomic E-state index is 12.8. The summed E-state index contributed by atoms with van der Waals surface area (Å²) in [4.78, 5) is 14.7. The highest BCUT2D eigenvalue weighted by Crippen LogP contribution is 2.39. The minimum atomic E-state index is -0.0835. The van der Waals surface area contributed by atoms with Crippen LogP contribution in [-0.4, -0.2) is 23.2 Å². The van der Waals surface area contributed by atoms with Gasteiger partial charge < -0.3 is 10.2 Å². The number of aryl methyl sites for hydroxylation is 1. The molecule has 1 heterocycles. The third-order valence-electron chi connectivity index (χ3n) is 4.64. The number of carbonyl (C=O) groups excluding carboxylic acids is 1. The molecule has 2 aromatic carbocycles. The van der Waals surface area contributed by atoms with Gasteiger partial charge in [-0.25, -0.2) is 4.79 Å². The van der Waals surface area contributed by atoms with E-state index in [0.29, 0.717) is 5.02 Å². The fourth-order valence-electron chi connectivity index (χ4n) is 2.97. The van der Waals surface area contributed by atoms with Crippen LogP contribution in [0.5, 0.6) is 0 Å². The highest BCUT2D eigenvalue weighted by molar-refractivity contribution is 7.99. The minimum Gasteiger partial charge on any atom is -0.308 e. The molecule has 0 aromatic heterocycles. The number of nitrogens with one attached hydrogen (secondary N) is 1. The van der Waals surface area contributed by atoms with E-state index in [1.165, 1.54) is 5.56 Å². The predicted octanol–water partition coefficient (Wildman–Crippen LogP) is 6.23. The maximum Gasteiger partial charge on any atom is 0.323 e. The van der Waals surface area contributed by atoms with E-state index in [2.05, 4.69) is 50.4 Å². The number of carbonyl (C=O) groups is 1. The summed E-state index contributed by atoms with van der Waals surface area (Å²) in [6.45, 7) is 9.31. The van der Waals surface area contributed by atoms with Gasteiger partial charge in [-0.2, -0.15) is 0 Å². The van der Waals surface area contributed by atoms with E-state index in [1.807, 2.05) is 24.0 Å². The second-order valence-electron chi connectivity index (χ2n) is 7.68. The van der Waals surface area contributed by atoms with Crippen LogP contribution in [0.15, 0.2) is 42.5 Å². The molecule has 3 nitrogen and oxygen atoms in total. The molecule has 1 saturated heterocycles. The second-order valence-corrected chi connectivity index (χ2v) is 9.28. The van der Waals surface area contributed by atoms with Crippen LogP contribution in [0, 0.1) is 6.92 Å². The van der Waals surface area contributed by atoms with E-state index in [0.717, 1.165) is 29.1 Å². The second kappa shape index (κ2) is 7.53. The van der Waals surface area contributed by atoms with Gasteiger partial charge in [-0.15, -0.1) is 11.8 Å². The Kier molecular flexibility index (Phi) is 5.54. The lowest BCUT2D eigenvalue weighted by atomic mass is 9.87. The van der Waals surface area contributed by atoms with Crippen LogP contribution in [0.4, 0.5) is 10.5 Å². The summed E-state index contributed by atoms with van der Waals surface area (Å²) in [6.07, 6.45) is 0. The summed E-state index contributed by atoms with van der Waals surface area (Å²) < 4.78 is 0. The van der Waals surface area contributed by atoms with Gasteiger partial charge in [-0.3, -0.25) is 0 Å². The Bertz CT molecular complexity index is 799. The summed E-state index contributed by atoms with van der Waals surface area (Å²) >= 11 is 7.96. The largest absolute Gasteiger partial charge is 0.323 e. The van der Waals surface area contributed by atoms with Crippen molar-refractivity contribution in [2.24, 2.45) is 0 Å². The van der Waals surface area contributed by atoms with Crippen molar-refractivity contribution < 1.29 is 4.79 Å². The number of hydrogen-bond acceptors (Lipinski definition) is 2. The van der Waals surface area contributed by atoms with E-state index in [4.69, 9.17) is 11.6 Å². The lowest BCUT2D eigenvalue weighted by Crippen LogP contribution is -2.34. The molecule has 0 bridgehead atoms. The number of hydrogen-bond donors (Lipinski definition) is 1. The molecule has 2 aromatic rings. The van der Waals surface area contributed by atoms with Crippen molar-refractivity contribution in [1.82, 2.24) is 4.90 Å². The first-order valence-corrected chi connectivity index (χ1v) is 10.2. The van der Waals surface area contributed by atoms with Crippen molar-refractivity contribution in [3.63, 3.8) is 0 Å². The van der Waals surface area contributed by atoms with E-state index in [1.54, 1.807) is 17.8 Å². The van der Waals surface area contributed by atoms with Crippen molar-refractivity contribution in [3.8, 4) is 0 Å². The molecule has 2 amide bonds. The third-order valence-corrected chi connectivity index (χ3v) is 6.30. The summed E-state index contributed by atoms with van der Waals surface area (Å²) in [6, 6.07) is 14.1. The number of amides is 2. The van der Waals surface area contributed by atoms with Gasteiger partial charge in [0, 0.05) is 23.0 Å². The Morgan fingerprint density at radius 3 is 2.50 bits per heavy atom. The number of rotatable bonds is 2. The van der Waals surface area contributed by atoms with Gasteiger partial charge in [0.1, 0.15) is 5.37 Å². The highest BCUT2D eigenvalue weighted by atomic mass is 35.5. The summed E-state index contributed by atoms with van der Waals surface area (Å²) in [5, 5.41) is 3.68. The molecule has 1 aliphatic heterocycles. The summed E-state index contributed by atoms with van der Waals surface area (Å²) in [5.74, 6) is 0.938. The third kappa shape index (κ3) is 4.18. The predicted molar refractivity (Wildman–Crippen MR) is 112 cm³/mol. The molecule has 1 atom stereocenters. The highest BCUT2D eigenvalue weighted by Gasteiger charge is 2.31. The van der Waals surface area contributed by atoms with E-state index in [-0.39, 0.29) is 16.8 Å². The Morgan fingerprint density at radius 1 is 1.19 bits per heavy atom. The van der Waals surface area contributed by atoms with Crippen LogP contribution >= 0.6 is 23.4 Å². The van der Waals surface area contributed by atoms with Crippen molar-refractivity contribution in [3.05, 3.63) is 64.2 Å². The monoisotopic (exact) mass is 388 g/mol. The molecular formula is C21H25ClN2OS. The van der Waals surface area contributed by atoms with Crippen LogP contribution in [-0.2, 0) is 5.41 Å². The number of nitrogens with zero attached hydrogens (tertiary/aromatic N) is 1. The van der Waals surface area contributed by atoms with Gasteiger partial charge in [-0.1, -0.05) is 62.7 Å². The fourth-order valence-corrected chi connectivity index (χ4v) is 4.40. The Hall–Kier alpha value is -1.65. The summed E-state index contributed by atoms with van der Waals surface area (Å²) in [7, 11) is 0. The Labute approximate surface area is 165 Å². The Morgan fingerprint density at radius 2 is 1.88 bits per heavy atom. The lowest BCUT2D eigenvalue weighted by molar-refractivity contribution is 0.214. The molecule has 1 N–H and O–H groups in total. The SMILES string of the molecule is Cc1ccc(NC(=O)N2CCS[C@H]2c2ccc(C(C)(C)C)cc2)cc1Cl. The molecule has 0 aliphatic carbocycles. The topological polar surface area (TPSA) is 32.3 Å². The minimum absolute atomic E-state index is 0.0462. The van der Waals surface area contributed by atoms with Crippen LogP contribution < -0.4 is 5.32 Å². The van der Waals surface area contributed by atoms with Crippen molar-refractivity contribution in [2.75, 3.05) is 17.6 Å². The average molecular weight is 389 g/mol. The normalized spacial score (nSPS) is 17.4. The first-order valence-electron chi connectivity index (χ1n) is 8.81. The van der Waals surface area contributed by atoms with Crippen LogP contribution in [0.3, 0.4) is 0 Å².